The molecule has 3 rings (SSSR count). The topological polar surface area (TPSA) is 48.2 Å². The molecule has 4 nitrogen and oxygen atoms in total. The minimum Gasteiger partial charge on any atom is -0.377 e. The predicted octanol–water partition coefficient (Wildman–Crippen LogP) is 4.16. The fourth-order valence-electron chi connectivity index (χ4n) is 2.46. The van der Waals surface area contributed by atoms with Crippen LogP contribution in [0.1, 0.15) is 37.0 Å². The number of thioether (sulfide) groups is 1. The highest BCUT2D eigenvalue weighted by Crippen LogP contribution is 2.37. The van der Waals surface area contributed by atoms with Gasteiger partial charge in [0.2, 0.25) is 11.7 Å². The molecule has 1 aliphatic heterocycles. The maximum atomic E-state index is 13.6. The van der Waals surface area contributed by atoms with Gasteiger partial charge in [-0.15, -0.1) is 11.8 Å². The van der Waals surface area contributed by atoms with Crippen LogP contribution in [0.4, 0.5) is 4.39 Å². The molecule has 118 valence electrons. The average Bonchev–Trinajstić information content (AvgIpc) is 3.12. The summed E-state index contributed by atoms with van der Waals surface area (Å²) in [6.45, 7) is 6.67. The lowest BCUT2D eigenvalue weighted by Crippen LogP contribution is -2.14. The van der Waals surface area contributed by atoms with Gasteiger partial charge in [0.15, 0.2) is 0 Å². The van der Waals surface area contributed by atoms with Crippen LogP contribution in [0.5, 0.6) is 0 Å². The summed E-state index contributed by atoms with van der Waals surface area (Å²) in [5, 5.41) is 4.51. The van der Waals surface area contributed by atoms with Gasteiger partial charge in [-0.25, -0.2) is 4.39 Å². The molecule has 2 heterocycles. The van der Waals surface area contributed by atoms with Crippen LogP contribution in [-0.4, -0.2) is 28.1 Å². The van der Waals surface area contributed by atoms with Crippen LogP contribution in [0.25, 0.3) is 11.4 Å². The molecule has 6 heteroatoms. The highest BCUT2D eigenvalue weighted by Gasteiger charge is 2.28. The Kier molecular flexibility index (Phi) is 4.49. The number of benzene rings is 1. The Morgan fingerprint density at radius 1 is 1.41 bits per heavy atom. The largest absolute Gasteiger partial charge is 0.377 e. The van der Waals surface area contributed by atoms with Gasteiger partial charge in [0, 0.05) is 17.4 Å². The average molecular weight is 322 g/mol. The first kappa shape index (κ1) is 15.5. The highest BCUT2D eigenvalue weighted by atomic mass is 32.2. The molecule has 0 aliphatic carbocycles. The number of hydrogen-bond donors (Lipinski definition) is 0. The van der Waals surface area contributed by atoms with Crippen molar-refractivity contribution in [2.45, 2.75) is 43.8 Å². The summed E-state index contributed by atoms with van der Waals surface area (Å²) < 4.78 is 24.6. The van der Waals surface area contributed by atoms with Crippen molar-refractivity contribution in [2.75, 3.05) is 6.61 Å². The van der Waals surface area contributed by atoms with Gasteiger partial charge < -0.3 is 9.26 Å². The number of rotatable bonds is 4. The Labute approximate surface area is 133 Å². The van der Waals surface area contributed by atoms with Crippen LogP contribution in [0.3, 0.4) is 0 Å². The summed E-state index contributed by atoms with van der Waals surface area (Å²) in [4.78, 5) is 4.41. The Bertz CT molecular complexity index is 661. The van der Waals surface area contributed by atoms with E-state index in [1.807, 2.05) is 6.92 Å². The molecule has 2 aromatic rings. The van der Waals surface area contributed by atoms with Crippen molar-refractivity contribution in [3.05, 3.63) is 35.5 Å². The van der Waals surface area contributed by atoms with Gasteiger partial charge in [0.05, 0.1) is 11.4 Å². The molecule has 1 aromatic carbocycles. The van der Waals surface area contributed by atoms with E-state index in [4.69, 9.17) is 9.26 Å². The molecule has 1 aromatic heterocycles. The molecular weight excluding hydrogens is 303 g/mol. The summed E-state index contributed by atoms with van der Waals surface area (Å²) in [5.41, 5.74) is 1.24. The standard InChI is InChI=1S/C16H19FN2O2S/c1-9-4-5-12(8-13(9)17)15-18-16(21-19-15)11(3)22-14-6-7-20-10(14)2/h4-5,8,10-11,14H,6-7H2,1-3H3/t10-,11-,14+/m0/s1. The molecule has 0 amide bonds. The van der Waals surface area contributed by atoms with E-state index in [9.17, 15) is 4.39 Å². The molecule has 3 atom stereocenters. The highest BCUT2D eigenvalue weighted by molar-refractivity contribution is 8.00. The molecule has 0 radical (unpaired) electrons. The second-order valence-corrected chi connectivity index (χ2v) is 7.19. The monoisotopic (exact) mass is 322 g/mol. The Morgan fingerprint density at radius 3 is 2.91 bits per heavy atom. The SMILES string of the molecule is Cc1ccc(-c2noc([C@H](C)S[C@@H]3CCO[C@H]3C)n2)cc1F. The van der Waals surface area contributed by atoms with Crippen molar-refractivity contribution < 1.29 is 13.7 Å². The first-order valence-electron chi connectivity index (χ1n) is 7.42. The van der Waals surface area contributed by atoms with Crippen molar-refractivity contribution in [3.63, 3.8) is 0 Å². The predicted molar refractivity (Wildman–Crippen MR) is 84.3 cm³/mol. The van der Waals surface area contributed by atoms with Gasteiger partial charge in [-0.05, 0) is 38.8 Å². The number of ether oxygens (including phenoxy) is 1. The quantitative estimate of drug-likeness (QED) is 0.846. The zero-order valence-corrected chi connectivity index (χ0v) is 13.7. The Balaban J connectivity index is 1.73. The summed E-state index contributed by atoms with van der Waals surface area (Å²) in [7, 11) is 0. The van der Waals surface area contributed by atoms with E-state index in [1.54, 1.807) is 30.8 Å². The lowest BCUT2D eigenvalue weighted by molar-refractivity contribution is 0.127. The Hall–Kier alpha value is -1.40. The van der Waals surface area contributed by atoms with Gasteiger partial charge in [-0.1, -0.05) is 17.3 Å². The second kappa shape index (κ2) is 6.38. The van der Waals surface area contributed by atoms with Crippen molar-refractivity contribution in [1.29, 1.82) is 0 Å². The minimum absolute atomic E-state index is 0.0886. The van der Waals surface area contributed by atoms with Crippen LogP contribution in [0.15, 0.2) is 22.7 Å². The van der Waals surface area contributed by atoms with E-state index < -0.39 is 0 Å². The van der Waals surface area contributed by atoms with Crippen molar-refractivity contribution in [1.82, 2.24) is 10.1 Å². The number of aromatic nitrogens is 2. The van der Waals surface area contributed by atoms with Crippen LogP contribution in [-0.2, 0) is 4.74 Å². The van der Waals surface area contributed by atoms with E-state index in [0.717, 1.165) is 13.0 Å². The lowest BCUT2D eigenvalue weighted by Gasteiger charge is -2.16. The molecule has 1 aliphatic rings. The summed E-state index contributed by atoms with van der Waals surface area (Å²) in [6, 6.07) is 4.96. The molecule has 0 N–H and O–H groups in total. The van der Waals surface area contributed by atoms with Gasteiger partial charge in [0.25, 0.3) is 0 Å². The third-order valence-corrected chi connectivity index (χ3v) is 5.48. The van der Waals surface area contributed by atoms with Gasteiger partial charge in [0.1, 0.15) is 5.82 Å². The summed E-state index contributed by atoms with van der Waals surface area (Å²) in [6.07, 6.45) is 1.29. The molecule has 22 heavy (non-hydrogen) atoms. The number of halogens is 1. The Morgan fingerprint density at radius 2 is 2.23 bits per heavy atom. The zero-order chi connectivity index (χ0) is 15.7. The zero-order valence-electron chi connectivity index (χ0n) is 12.9. The smallest absolute Gasteiger partial charge is 0.239 e. The number of aryl methyl sites for hydroxylation is 1. The third kappa shape index (κ3) is 3.17. The number of hydrogen-bond acceptors (Lipinski definition) is 5. The molecule has 1 fully saturated rings. The maximum absolute atomic E-state index is 13.6. The second-order valence-electron chi connectivity index (χ2n) is 5.60. The molecule has 0 unspecified atom stereocenters. The van der Waals surface area contributed by atoms with E-state index in [-0.39, 0.29) is 17.2 Å². The maximum Gasteiger partial charge on any atom is 0.239 e. The molecule has 0 spiro atoms. The first-order valence-corrected chi connectivity index (χ1v) is 8.36. The molecule has 0 saturated carbocycles. The van der Waals surface area contributed by atoms with Crippen LogP contribution in [0.2, 0.25) is 0 Å². The van der Waals surface area contributed by atoms with Crippen LogP contribution < -0.4 is 0 Å². The minimum atomic E-state index is -0.261. The van der Waals surface area contributed by atoms with E-state index in [1.165, 1.54) is 6.07 Å². The van der Waals surface area contributed by atoms with Crippen LogP contribution >= 0.6 is 11.8 Å². The molecular formula is C16H19FN2O2S. The van der Waals surface area contributed by atoms with E-state index in [2.05, 4.69) is 17.1 Å². The van der Waals surface area contributed by atoms with E-state index >= 15 is 0 Å². The van der Waals surface area contributed by atoms with Crippen molar-refractivity contribution >= 4 is 11.8 Å². The fraction of sp³-hybridized carbons (Fsp3) is 0.500. The number of nitrogens with zero attached hydrogens (tertiary/aromatic N) is 2. The molecule has 0 bridgehead atoms. The van der Waals surface area contributed by atoms with Gasteiger partial charge in [-0.3, -0.25) is 0 Å². The van der Waals surface area contributed by atoms with Gasteiger partial charge in [-0.2, -0.15) is 4.98 Å². The summed E-state index contributed by atoms with van der Waals surface area (Å²) >= 11 is 1.79. The first-order chi connectivity index (χ1) is 10.5. The van der Waals surface area contributed by atoms with Crippen molar-refractivity contribution in [2.24, 2.45) is 0 Å². The third-order valence-electron chi connectivity index (χ3n) is 3.91. The van der Waals surface area contributed by atoms with E-state index in [0.29, 0.717) is 28.1 Å². The lowest BCUT2D eigenvalue weighted by atomic mass is 10.1. The summed E-state index contributed by atoms with van der Waals surface area (Å²) in [5.74, 6) is 0.736. The van der Waals surface area contributed by atoms with Crippen molar-refractivity contribution in [3.8, 4) is 11.4 Å². The van der Waals surface area contributed by atoms with Gasteiger partial charge >= 0.3 is 0 Å². The fourth-order valence-corrected chi connectivity index (χ4v) is 3.73. The normalized spacial score (nSPS) is 22.9. The molecule has 1 saturated heterocycles. The van der Waals surface area contributed by atoms with Crippen LogP contribution in [0, 0.1) is 12.7 Å².